The van der Waals surface area contributed by atoms with E-state index in [1.807, 2.05) is 31.2 Å². The van der Waals surface area contributed by atoms with Crippen LogP contribution in [0.25, 0.3) is 10.9 Å². The minimum atomic E-state index is -0.560. The van der Waals surface area contributed by atoms with Gasteiger partial charge in [-0.1, -0.05) is 18.2 Å². The van der Waals surface area contributed by atoms with Crippen LogP contribution in [-0.4, -0.2) is 31.1 Å². The Labute approximate surface area is 150 Å². The van der Waals surface area contributed by atoms with Gasteiger partial charge < -0.3 is 14.8 Å². The number of pyridine rings is 1. The van der Waals surface area contributed by atoms with Crippen molar-refractivity contribution in [3.8, 4) is 5.75 Å². The van der Waals surface area contributed by atoms with E-state index < -0.39 is 5.97 Å². The summed E-state index contributed by atoms with van der Waals surface area (Å²) in [7, 11) is 2.79. The number of nitrogens with one attached hydrogen (secondary N) is 1. The van der Waals surface area contributed by atoms with Crippen molar-refractivity contribution in [1.82, 2.24) is 4.98 Å². The fourth-order valence-electron chi connectivity index (χ4n) is 2.72. The number of aromatic nitrogens is 1. The first-order valence-electron chi connectivity index (χ1n) is 7.97. The fraction of sp³-hybridized carbons (Fsp3) is 0.150. The molecule has 0 fully saturated rings. The van der Waals surface area contributed by atoms with E-state index in [4.69, 9.17) is 9.47 Å². The van der Waals surface area contributed by atoms with Gasteiger partial charge in [-0.2, -0.15) is 0 Å². The lowest BCUT2D eigenvalue weighted by molar-refractivity contribution is 0.0601. The lowest BCUT2D eigenvalue weighted by Gasteiger charge is -2.13. The average molecular weight is 350 g/mol. The van der Waals surface area contributed by atoms with Gasteiger partial charge in [0.2, 0.25) is 0 Å². The average Bonchev–Trinajstić information content (AvgIpc) is 2.66. The second-order valence-electron chi connectivity index (χ2n) is 5.69. The van der Waals surface area contributed by atoms with Gasteiger partial charge in [-0.25, -0.2) is 4.79 Å². The first kappa shape index (κ1) is 17.4. The molecule has 0 radical (unpaired) electrons. The van der Waals surface area contributed by atoms with Gasteiger partial charge in [0.1, 0.15) is 5.75 Å². The van der Waals surface area contributed by atoms with Gasteiger partial charge >= 0.3 is 5.97 Å². The van der Waals surface area contributed by atoms with Crippen molar-refractivity contribution in [2.24, 2.45) is 0 Å². The molecule has 3 aromatic rings. The Bertz CT molecular complexity index is 998. The molecule has 6 heteroatoms. The smallest absolute Gasteiger partial charge is 0.340 e. The summed E-state index contributed by atoms with van der Waals surface area (Å²) in [5, 5.41) is 3.53. The highest BCUT2D eigenvalue weighted by Gasteiger charge is 2.18. The number of rotatable bonds is 4. The number of benzene rings is 2. The van der Waals surface area contributed by atoms with Crippen molar-refractivity contribution < 1.29 is 19.1 Å². The highest BCUT2D eigenvalue weighted by molar-refractivity contribution is 6.14. The molecule has 1 aromatic heterocycles. The Morgan fingerprint density at radius 1 is 1.00 bits per heavy atom. The standard InChI is InChI=1S/C20H18N2O4/c1-12-10-15(14-6-4-5-7-17(14)21-12)19(23)22-18-9-8-13(25-2)11-16(18)20(24)26-3/h4-11H,1-3H3,(H,22,23). The zero-order valence-corrected chi connectivity index (χ0v) is 14.7. The number of carbonyl (C=O) groups excluding carboxylic acids is 2. The van der Waals surface area contributed by atoms with E-state index in [0.29, 0.717) is 17.0 Å². The van der Waals surface area contributed by atoms with Crippen molar-refractivity contribution in [3.63, 3.8) is 0 Å². The van der Waals surface area contributed by atoms with Crippen molar-refractivity contribution >= 4 is 28.5 Å². The Balaban J connectivity index is 2.02. The van der Waals surface area contributed by atoms with Gasteiger partial charge in [-0.15, -0.1) is 0 Å². The highest BCUT2D eigenvalue weighted by Crippen LogP contribution is 2.25. The number of hydrogen-bond donors (Lipinski definition) is 1. The Kier molecular flexibility index (Phi) is 4.84. The molecule has 1 amide bonds. The third-order valence-corrected chi connectivity index (χ3v) is 3.97. The molecule has 2 aromatic carbocycles. The lowest BCUT2D eigenvalue weighted by atomic mass is 10.1. The van der Waals surface area contributed by atoms with Crippen LogP contribution < -0.4 is 10.1 Å². The topological polar surface area (TPSA) is 77.5 Å². The fourth-order valence-corrected chi connectivity index (χ4v) is 2.72. The molecule has 0 atom stereocenters. The van der Waals surface area contributed by atoms with Gasteiger partial charge in [0.05, 0.1) is 36.6 Å². The first-order chi connectivity index (χ1) is 12.5. The number of ether oxygens (including phenoxy) is 2. The molecule has 0 bridgehead atoms. The minimum absolute atomic E-state index is 0.218. The summed E-state index contributed by atoms with van der Waals surface area (Å²) >= 11 is 0. The highest BCUT2D eigenvalue weighted by atomic mass is 16.5. The van der Waals surface area contributed by atoms with Crippen LogP contribution in [-0.2, 0) is 4.74 Å². The van der Waals surface area contributed by atoms with Gasteiger partial charge in [-0.3, -0.25) is 9.78 Å². The summed E-state index contributed by atoms with van der Waals surface area (Å²) in [6.07, 6.45) is 0. The second kappa shape index (κ2) is 7.23. The van der Waals surface area contributed by atoms with Crippen LogP contribution in [0.3, 0.4) is 0 Å². The minimum Gasteiger partial charge on any atom is -0.497 e. The number of fused-ring (bicyclic) bond motifs is 1. The number of anilines is 1. The Hall–Kier alpha value is -3.41. The lowest BCUT2D eigenvalue weighted by Crippen LogP contribution is -2.16. The number of amides is 1. The summed E-state index contributed by atoms with van der Waals surface area (Å²) in [4.78, 5) is 29.4. The molecule has 1 heterocycles. The zero-order chi connectivity index (χ0) is 18.7. The van der Waals surface area contributed by atoms with Gasteiger partial charge in [-0.05, 0) is 37.3 Å². The van der Waals surface area contributed by atoms with Crippen LogP contribution in [0.2, 0.25) is 0 Å². The number of carbonyl (C=O) groups is 2. The summed E-state index contributed by atoms with van der Waals surface area (Å²) in [5.41, 5.74) is 2.52. The molecular weight excluding hydrogens is 332 g/mol. The maximum atomic E-state index is 12.9. The van der Waals surface area contributed by atoms with Gasteiger partial charge in [0.15, 0.2) is 0 Å². The first-order valence-corrected chi connectivity index (χ1v) is 7.97. The van der Waals surface area contributed by atoms with E-state index in [0.717, 1.165) is 16.6 Å². The van der Waals surface area contributed by atoms with E-state index in [2.05, 4.69) is 10.3 Å². The van der Waals surface area contributed by atoms with Crippen LogP contribution in [0.4, 0.5) is 5.69 Å². The summed E-state index contributed by atoms with van der Waals surface area (Å²) < 4.78 is 9.94. The van der Waals surface area contributed by atoms with Crippen LogP contribution in [0.1, 0.15) is 26.4 Å². The number of methoxy groups -OCH3 is 2. The largest absolute Gasteiger partial charge is 0.497 e. The SMILES string of the molecule is COC(=O)c1cc(OC)ccc1NC(=O)c1cc(C)nc2ccccc12. The van der Waals surface area contributed by atoms with E-state index in [9.17, 15) is 9.59 Å². The molecule has 6 nitrogen and oxygen atoms in total. The number of para-hydroxylation sites is 1. The summed E-state index contributed by atoms with van der Waals surface area (Å²) in [5.74, 6) is -0.398. The Morgan fingerprint density at radius 3 is 2.50 bits per heavy atom. The van der Waals surface area contributed by atoms with Crippen molar-refractivity contribution in [3.05, 3.63) is 65.4 Å². The molecular formula is C20H18N2O4. The van der Waals surface area contributed by atoms with Crippen LogP contribution in [0.5, 0.6) is 5.75 Å². The van der Waals surface area contributed by atoms with Crippen molar-refractivity contribution in [1.29, 1.82) is 0 Å². The summed E-state index contributed by atoms with van der Waals surface area (Å²) in [6, 6.07) is 13.9. The molecule has 0 spiro atoms. The monoisotopic (exact) mass is 350 g/mol. The number of nitrogens with zero attached hydrogens (tertiary/aromatic N) is 1. The number of hydrogen-bond acceptors (Lipinski definition) is 5. The van der Waals surface area contributed by atoms with Crippen molar-refractivity contribution in [2.75, 3.05) is 19.5 Å². The Morgan fingerprint density at radius 2 is 1.77 bits per heavy atom. The zero-order valence-electron chi connectivity index (χ0n) is 14.7. The predicted octanol–water partition coefficient (Wildman–Crippen LogP) is 3.59. The normalized spacial score (nSPS) is 10.4. The van der Waals surface area contributed by atoms with E-state index in [1.54, 1.807) is 18.2 Å². The molecule has 1 N–H and O–H groups in total. The second-order valence-corrected chi connectivity index (χ2v) is 5.69. The third kappa shape index (κ3) is 3.35. The number of aryl methyl sites for hydroxylation is 1. The quantitative estimate of drug-likeness (QED) is 0.728. The van der Waals surface area contributed by atoms with Crippen LogP contribution in [0.15, 0.2) is 48.5 Å². The van der Waals surface area contributed by atoms with Gasteiger partial charge in [0.25, 0.3) is 5.91 Å². The molecule has 0 aliphatic heterocycles. The molecule has 3 rings (SSSR count). The molecule has 0 aliphatic rings. The van der Waals surface area contributed by atoms with E-state index >= 15 is 0 Å². The summed E-state index contributed by atoms with van der Waals surface area (Å²) in [6.45, 7) is 1.83. The van der Waals surface area contributed by atoms with Crippen LogP contribution in [0, 0.1) is 6.92 Å². The molecule has 0 aliphatic carbocycles. The van der Waals surface area contributed by atoms with E-state index in [1.165, 1.54) is 20.3 Å². The molecule has 0 saturated heterocycles. The molecule has 0 saturated carbocycles. The van der Waals surface area contributed by atoms with Crippen LogP contribution >= 0.6 is 0 Å². The van der Waals surface area contributed by atoms with Gasteiger partial charge in [0, 0.05) is 11.1 Å². The maximum absolute atomic E-state index is 12.9. The number of esters is 1. The molecule has 26 heavy (non-hydrogen) atoms. The maximum Gasteiger partial charge on any atom is 0.340 e. The molecule has 132 valence electrons. The molecule has 0 unspecified atom stereocenters. The van der Waals surface area contributed by atoms with E-state index in [-0.39, 0.29) is 11.5 Å². The third-order valence-electron chi connectivity index (χ3n) is 3.97. The predicted molar refractivity (Wildman–Crippen MR) is 98.8 cm³/mol. The van der Waals surface area contributed by atoms with Crippen molar-refractivity contribution in [2.45, 2.75) is 6.92 Å².